The number of ether oxygens (including phenoxy) is 3. The summed E-state index contributed by atoms with van der Waals surface area (Å²) in [5.41, 5.74) is 1.92. The highest BCUT2D eigenvalue weighted by Crippen LogP contribution is 2.37. The lowest BCUT2D eigenvalue weighted by atomic mass is 10.1. The Bertz CT molecular complexity index is 1400. The summed E-state index contributed by atoms with van der Waals surface area (Å²) in [5.74, 6) is 0.180. The fourth-order valence-electron chi connectivity index (χ4n) is 3.51. The average Bonchev–Trinajstić information content (AvgIpc) is 3.16. The molecule has 3 aromatic carbocycles. The van der Waals surface area contributed by atoms with Crippen LogP contribution in [0.4, 0.5) is 14.9 Å². The van der Waals surface area contributed by atoms with E-state index in [1.54, 1.807) is 54.6 Å². The van der Waals surface area contributed by atoms with Crippen LogP contribution in [0, 0.1) is 9.39 Å². The fraction of sp³-hybridized carbons (Fsp3) is 0.148. The van der Waals surface area contributed by atoms with E-state index < -0.39 is 23.6 Å². The van der Waals surface area contributed by atoms with Crippen LogP contribution in [0.2, 0.25) is 0 Å². The van der Waals surface area contributed by atoms with Gasteiger partial charge in [0.2, 0.25) is 5.91 Å². The molecule has 1 aliphatic heterocycles. The molecule has 1 N–H and O–H groups in total. The standard InChI is InChI=1S/C27H22FIN2O6S/c1-35-20-9-7-19(8-10-20)30-24(32)14-31-26(33)23(38-27(31)34)13-17-11-21(29)25(22(12-17)36-2)37-15-16-3-5-18(28)6-4-16/h3-13H,14-15H2,1-2H3,(H,30,32)/b23-13+. The number of carbonyl (C=O) groups excluding carboxylic acids is 3. The number of rotatable bonds is 9. The molecule has 4 rings (SSSR count). The molecule has 0 spiro atoms. The van der Waals surface area contributed by atoms with E-state index in [4.69, 9.17) is 14.2 Å². The van der Waals surface area contributed by atoms with E-state index in [2.05, 4.69) is 27.9 Å². The molecule has 0 bridgehead atoms. The minimum absolute atomic E-state index is 0.185. The van der Waals surface area contributed by atoms with Crippen molar-refractivity contribution in [2.24, 2.45) is 0 Å². The van der Waals surface area contributed by atoms with E-state index in [0.717, 1.165) is 22.2 Å². The Morgan fingerprint density at radius 1 is 1.05 bits per heavy atom. The fourth-order valence-corrected chi connectivity index (χ4v) is 5.12. The second kappa shape index (κ2) is 12.3. The lowest BCUT2D eigenvalue weighted by molar-refractivity contribution is -0.127. The number of methoxy groups -OCH3 is 2. The number of halogens is 2. The number of benzene rings is 3. The molecule has 1 heterocycles. The van der Waals surface area contributed by atoms with Gasteiger partial charge in [-0.25, -0.2) is 4.39 Å². The lowest BCUT2D eigenvalue weighted by Gasteiger charge is -2.14. The van der Waals surface area contributed by atoms with Crippen LogP contribution in [0.3, 0.4) is 0 Å². The van der Waals surface area contributed by atoms with Crippen molar-refractivity contribution < 1.29 is 33.0 Å². The van der Waals surface area contributed by atoms with E-state index in [9.17, 15) is 18.8 Å². The Labute approximate surface area is 236 Å². The zero-order chi connectivity index (χ0) is 27.2. The van der Waals surface area contributed by atoms with Crippen molar-refractivity contribution >= 4 is 63.2 Å². The van der Waals surface area contributed by atoms with E-state index >= 15 is 0 Å². The highest BCUT2D eigenvalue weighted by atomic mass is 127. The van der Waals surface area contributed by atoms with Crippen LogP contribution in [0.5, 0.6) is 17.2 Å². The summed E-state index contributed by atoms with van der Waals surface area (Å²) >= 11 is 2.85. The third kappa shape index (κ3) is 6.64. The maximum absolute atomic E-state index is 13.2. The summed E-state index contributed by atoms with van der Waals surface area (Å²) in [6.45, 7) is -0.200. The van der Waals surface area contributed by atoms with Crippen LogP contribution >= 0.6 is 34.4 Å². The Kier molecular flexibility index (Phi) is 8.89. The second-order valence-corrected chi connectivity index (χ2v) is 10.1. The van der Waals surface area contributed by atoms with Crippen LogP contribution in [0.15, 0.2) is 65.6 Å². The first-order valence-electron chi connectivity index (χ1n) is 11.2. The summed E-state index contributed by atoms with van der Waals surface area (Å²) in [4.78, 5) is 39.0. The molecule has 1 aliphatic rings. The normalized spacial score (nSPS) is 14.1. The second-order valence-electron chi connectivity index (χ2n) is 7.99. The van der Waals surface area contributed by atoms with Gasteiger partial charge in [-0.3, -0.25) is 19.3 Å². The summed E-state index contributed by atoms with van der Waals surface area (Å²) in [5, 5.41) is 2.13. The molecule has 0 unspecified atom stereocenters. The van der Waals surface area contributed by atoms with Gasteiger partial charge in [0.25, 0.3) is 11.1 Å². The van der Waals surface area contributed by atoms with Crippen molar-refractivity contribution in [3.05, 3.63) is 86.1 Å². The smallest absolute Gasteiger partial charge is 0.294 e. The molecule has 0 radical (unpaired) electrons. The van der Waals surface area contributed by atoms with Gasteiger partial charge < -0.3 is 19.5 Å². The zero-order valence-electron chi connectivity index (χ0n) is 20.3. The molecular weight excluding hydrogens is 626 g/mol. The molecule has 0 atom stereocenters. The van der Waals surface area contributed by atoms with E-state index in [1.165, 1.54) is 26.4 Å². The van der Waals surface area contributed by atoms with Crippen LogP contribution in [-0.4, -0.2) is 42.7 Å². The molecule has 196 valence electrons. The molecular formula is C27H22FIN2O6S. The summed E-state index contributed by atoms with van der Waals surface area (Å²) in [6.07, 6.45) is 1.57. The number of anilines is 1. The molecule has 38 heavy (non-hydrogen) atoms. The third-order valence-corrected chi connectivity index (χ3v) is 7.10. The third-order valence-electron chi connectivity index (χ3n) is 5.40. The highest BCUT2D eigenvalue weighted by molar-refractivity contribution is 14.1. The Morgan fingerprint density at radius 3 is 2.42 bits per heavy atom. The van der Waals surface area contributed by atoms with Gasteiger partial charge in [0.15, 0.2) is 11.5 Å². The first kappa shape index (κ1) is 27.5. The summed E-state index contributed by atoms with van der Waals surface area (Å²) in [7, 11) is 3.03. The minimum atomic E-state index is -0.560. The van der Waals surface area contributed by atoms with Crippen molar-refractivity contribution in [1.82, 2.24) is 4.90 Å². The van der Waals surface area contributed by atoms with Crippen LogP contribution in [0.1, 0.15) is 11.1 Å². The lowest BCUT2D eigenvalue weighted by Crippen LogP contribution is -2.36. The maximum atomic E-state index is 13.2. The molecule has 0 aliphatic carbocycles. The number of carbonyl (C=O) groups is 3. The summed E-state index contributed by atoms with van der Waals surface area (Å²) in [6, 6.07) is 16.2. The van der Waals surface area contributed by atoms with Crippen LogP contribution in [0.25, 0.3) is 6.08 Å². The SMILES string of the molecule is COc1ccc(NC(=O)CN2C(=O)S/C(=C/c3cc(I)c(OCc4ccc(F)cc4)c(OC)c3)C2=O)cc1. The van der Waals surface area contributed by atoms with E-state index in [0.29, 0.717) is 32.1 Å². The molecule has 3 aromatic rings. The molecule has 3 amide bonds. The number of imide groups is 1. The van der Waals surface area contributed by atoms with Gasteiger partial charge in [0.1, 0.15) is 24.7 Å². The molecule has 11 heteroatoms. The summed E-state index contributed by atoms with van der Waals surface area (Å²) < 4.78 is 30.3. The zero-order valence-corrected chi connectivity index (χ0v) is 23.3. The Morgan fingerprint density at radius 2 is 1.76 bits per heavy atom. The largest absolute Gasteiger partial charge is 0.497 e. The number of hydrogen-bond donors (Lipinski definition) is 1. The highest BCUT2D eigenvalue weighted by Gasteiger charge is 2.36. The van der Waals surface area contributed by atoms with Gasteiger partial charge in [0, 0.05) is 5.69 Å². The average molecular weight is 648 g/mol. The van der Waals surface area contributed by atoms with Gasteiger partial charge in [-0.05, 0) is 100 Å². The molecule has 1 fully saturated rings. The van der Waals surface area contributed by atoms with Crippen LogP contribution in [-0.2, 0) is 16.2 Å². The number of nitrogens with one attached hydrogen (secondary N) is 1. The minimum Gasteiger partial charge on any atom is -0.497 e. The quantitative estimate of drug-likeness (QED) is 0.235. The number of thioether (sulfide) groups is 1. The topological polar surface area (TPSA) is 94.2 Å². The van der Waals surface area contributed by atoms with E-state index in [-0.39, 0.29) is 17.3 Å². The number of nitrogens with zero attached hydrogens (tertiary/aromatic N) is 1. The van der Waals surface area contributed by atoms with Crippen molar-refractivity contribution in [3.8, 4) is 17.2 Å². The molecule has 8 nitrogen and oxygen atoms in total. The van der Waals surface area contributed by atoms with Gasteiger partial charge >= 0.3 is 0 Å². The number of amides is 3. The molecule has 1 saturated heterocycles. The van der Waals surface area contributed by atoms with Crippen LogP contribution < -0.4 is 19.5 Å². The Balaban J connectivity index is 1.44. The predicted molar refractivity (Wildman–Crippen MR) is 151 cm³/mol. The number of hydrogen-bond acceptors (Lipinski definition) is 7. The Hall–Kier alpha value is -3.58. The monoisotopic (exact) mass is 648 g/mol. The first-order chi connectivity index (χ1) is 18.3. The maximum Gasteiger partial charge on any atom is 0.294 e. The van der Waals surface area contributed by atoms with Crippen molar-refractivity contribution in [1.29, 1.82) is 0 Å². The predicted octanol–water partition coefficient (Wildman–Crippen LogP) is 5.70. The van der Waals surface area contributed by atoms with Gasteiger partial charge in [0.05, 0.1) is 22.7 Å². The van der Waals surface area contributed by atoms with E-state index in [1.807, 2.05) is 0 Å². The van der Waals surface area contributed by atoms with Gasteiger partial charge in [-0.1, -0.05) is 12.1 Å². The van der Waals surface area contributed by atoms with Crippen molar-refractivity contribution in [3.63, 3.8) is 0 Å². The van der Waals surface area contributed by atoms with Gasteiger partial charge in [-0.15, -0.1) is 0 Å². The molecule has 0 saturated carbocycles. The van der Waals surface area contributed by atoms with Crippen molar-refractivity contribution in [2.45, 2.75) is 6.61 Å². The first-order valence-corrected chi connectivity index (χ1v) is 13.1. The van der Waals surface area contributed by atoms with Crippen molar-refractivity contribution in [2.75, 3.05) is 26.1 Å². The molecule has 0 aromatic heterocycles. The van der Waals surface area contributed by atoms with Gasteiger partial charge in [-0.2, -0.15) is 0 Å².